The van der Waals surface area contributed by atoms with E-state index in [4.69, 9.17) is 5.73 Å². The molecule has 0 aromatic heterocycles. The Kier molecular flexibility index (Phi) is 4.30. The first-order valence-corrected chi connectivity index (χ1v) is 3.15. The molecule has 0 aliphatic heterocycles. The van der Waals surface area contributed by atoms with E-state index in [1.165, 1.54) is 0 Å². The van der Waals surface area contributed by atoms with Crippen molar-refractivity contribution in [1.82, 2.24) is 0 Å². The van der Waals surface area contributed by atoms with Gasteiger partial charge in [-0.2, -0.15) is 0 Å². The Hall–Kier alpha value is -1.02. The third-order valence-electron chi connectivity index (χ3n) is 1.06. The fourth-order valence-electron chi connectivity index (χ4n) is 0.706. The van der Waals surface area contributed by atoms with E-state index in [2.05, 4.69) is 4.99 Å². The van der Waals surface area contributed by atoms with Crippen LogP contribution in [0.4, 0.5) is 5.69 Å². The van der Waals surface area contributed by atoms with Crippen LogP contribution in [0.5, 0.6) is 0 Å². The summed E-state index contributed by atoms with van der Waals surface area (Å²) in [7, 11) is 0. The average Bonchev–Trinajstić information content (AvgIpc) is 1.88. The Balaban J connectivity index is 0.000001000. The third-order valence-corrected chi connectivity index (χ3v) is 1.06. The zero-order chi connectivity index (χ0) is 7.40. The van der Waals surface area contributed by atoms with Crippen LogP contribution in [0, 0.1) is 0 Å². The van der Waals surface area contributed by atoms with Crippen molar-refractivity contribution in [2.45, 2.75) is 6.92 Å². The second kappa shape index (κ2) is 4.74. The molecule has 2 nitrogen and oxygen atoms in total. The summed E-state index contributed by atoms with van der Waals surface area (Å²) in [6.07, 6.45) is 0. The van der Waals surface area contributed by atoms with Crippen molar-refractivity contribution in [2.75, 3.05) is 0 Å². The molecule has 0 aliphatic carbocycles. The number of halogens is 1. The summed E-state index contributed by atoms with van der Waals surface area (Å²) in [5, 5.41) is 0. The van der Waals surface area contributed by atoms with Gasteiger partial charge in [0.25, 0.3) is 0 Å². The minimum Gasteiger partial charge on any atom is -0.387 e. The van der Waals surface area contributed by atoms with Crippen molar-refractivity contribution in [3.05, 3.63) is 30.3 Å². The van der Waals surface area contributed by atoms with Crippen molar-refractivity contribution < 1.29 is 0 Å². The summed E-state index contributed by atoms with van der Waals surface area (Å²) >= 11 is 0. The molecule has 1 aromatic carbocycles. The van der Waals surface area contributed by atoms with Gasteiger partial charge in [-0.1, -0.05) is 18.2 Å². The van der Waals surface area contributed by atoms with Crippen molar-refractivity contribution in [3.63, 3.8) is 0 Å². The molecule has 1 aromatic rings. The first-order valence-electron chi connectivity index (χ1n) is 3.15. The van der Waals surface area contributed by atoms with E-state index in [0.29, 0.717) is 5.84 Å². The van der Waals surface area contributed by atoms with Crippen LogP contribution < -0.4 is 5.73 Å². The minimum absolute atomic E-state index is 0. The topological polar surface area (TPSA) is 38.4 Å². The predicted octanol–water partition coefficient (Wildman–Crippen LogP) is 2.12. The van der Waals surface area contributed by atoms with Gasteiger partial charge in [-0.15, -0.1) is 12.4 Å². The molecule has 11 heavy (non-hydrogen) atoms. The van der Waals surface area contributed by atoms with Crippen LogP contribution in [-0.2, 0) is 0 Å². The summed E-state index contributed by atoms with van der Waals surface area (Å²) in [5.74, 6) is 0.589. The first kappa shape index (κ1) is 9.98. The first-order chi connectivity index (χ1) is 4.79. The Morgan fingerprint density at radius 1 is 1.27 bits per heavy atom. The highest BCUT2D eigenvalue weighted by Gasteiger charge is 1.83. The molecule has 3 heteroatoms. The molecule has 0 heterocycles. The largest absolute Gasteiger partial charge is 0.387 e. The van der Waals surface area contributed by atoms with Crippen LogP contribution in [0.1, 0.15) is 6.92 Å². The Bertz CT molecular complexity index is 227. The van der Waals surface area contributed by atoms with Crippen LogP contribution in [0.2, 0.25) is 0 Å². The van der Waals surface area contributed by atoms with Gasteiger partial charge >= 0.3 is 0 Å². The lowest BCUT2D eigenvalue weighted by atomic mass is 10.3. The van der Waals surface area contributed by atoms with E-state index in [1.54, 1.807) is 6.92 Å². The Labute approximate surface area is 72.5 Å². The third kappa shape index (κ3) is 3.63. The molecule has 0 bridgehead atoms. The lowest BCUT2D eigenvalue weighted by Gasteiger charge is -1.91. The standard InChI is InChI=1S/C8H10N2.ClH/c1-7(9)10-8-5-3-2-4-6-8;/h2-6H,1H3,(H2,9,10);1H. The van der Waals surface area contributed by atoms with E-state index >= 15 is 0 Å². The molecular weight excluding hydrogens is 160 g/mol. The van der Waals surface area contributed by atoms with Crippen molar-refractivity contribution in [2.24, 2.45) is 10.7 Å². The molecule has 1 rings (SSSR count). The molecule has 0 spiro atoms. The lowest BCUT2D eigenvalue weighted by Crippen LogP contribution is -2.03. The number of hydrogen-bond donors (Lipinski definition) is 1. The lowest BCUT2D eigenvalue weighted by molar-refractivity contribution is 1.45. The number of rotatable bonds is 1. The summed E-state index contributed by atoms with van der Waals surface area (Å²) in [4.78, 5) is 4.05. The zero-order valence-electron chi connectivity index (χ0n) is 6.32. The minimum atomic E-state index is 0. The molecule has 2 N–H and O–H groups in total. The van der Waals surface area contributed by atoms with Crippen LogP contribution in [0.15, 0.2) is 35.3 Å². The number of nitrogens with zero attached hydrogens (tertiary/aromatic N) is 1. The van der Waals surface area contributed by atoms with Gasteiger partial charge in [0.1, 0.15) is 0 Å². The summed E-state index contributed by atoms with van der Waals surface area (Å²) in [6.45, 7) is 1.77. The maximum atomic E-state index is 5.37. The van der Waals surface area contributed by atoms with Gasteiger partial charge in [0.05, 0.1) is 11.5 Å². The molecule has 0 atom stereocenters. The van der Waals surface area contributed by atoms with Crippen LogP contribution in [0.3, 0.4) is 0 Å². The number of hydrogen-bond acceptors (Lipinski definition) is 1. The molecule has 0 amide bonds. The maximum Gasteiger partial charge on any atom is 0.0964 e. The van der Waals surface area contributed by atoms with Gasteiger partial charge in [-0.25, -0.2) is 4.99 Å². The van der Waals surface area contributed by atoms with E-state index in [9.17, 15) is 0 Å². The van der Waals surface area contributed by atoms with Gasteiger partial charge in [-0.3, -0.25) is 0 Å². The highest BCUT2D eigenvalue weighted by atomic mass is 35.5. The zero-order valence-corrected chi connectivity index (χ0v) is 7.14. The highest BCUT2D eigenvalue weighted by molar-refractivity contribution is 5.85. The maximum absolute atomic E-state index is 5.37. The van der Waals surface area contributed by atoms with E-state index in [1.807, 2.05) is 30.3 Å². The molecule has 0 saturated heterocycles. The van der Waals surface area contributed by atoms with Crippen molar-refractivity contribution in [3.8, 4) is 0 Å². The molecule has 0 fully saturated rings. The highest BCUT2D eigenvalue weighted by Crippen LogP contribution is 2.08. The SMILES string of the molecule is CC(N)=Nc1ccccc1.Cl. The van der Waals surface area contributed by atoms with Crippen molar-refractivity contribution >= 4 is 23.9 Å². The van der Waals surface area contributed by atoms with Crippen molar-refractivity contribution in [1.29, 1.82) is 0 Å². The number of aliphatic imine (C=N–C) groups is 1. The van der Waals surface area contributed by atoms with Gasteiger partial charge in [0.2, 0.25) is 0 Å². The van der Waals surface area contributed by atoms with Gasteiger partial charge in [0, 0.05) is 0 Å². The van der Waals surface area contributed by atoms with Crippen LogP contribution >= 0.6 is 12.4 Å². The fourth-order valence-corrected chi connectivity index (χ4v) is 0.706. The van der Waals surface area contributed by atoms with Gasteiger partial charge in [0.15, 0.2) is 0 Å². The number of para-hydroxylation sites is 1. The molecule has 60 valence electrons. The fraction of sp³-hybridized carbons (Fsp3) is 0.125. The van der Waals surface area contributed by atoms with E-state index in [0.717, 1.165) is 5.69 Å². The quantitative estimate of drug-likeness (QED) is 0.509. The summed E-state index contributed by atoms with van der Waals surface area (Å²) in [6, 6.07) is 9.64. The van der Waals surface area contributed by atoms with E-state index in [-0.39, 0.29) is 12.4 Å². The van der Waals surface area contributed by atoms with Crippen LogP contribution in [0.25, 0.3) is 0 Å². The number of nitrogens with two attached hydrogens (primary N) is 1. The second-order valence-electron chi connectivity index (χ2n) is 2.09. The number of amidine groups is 1. The number of benzene rings is 1. The average molecular weight is 171 g/mol. The Morgan fingerprint density at radius 2 is 1.82 bits per heavy atom. The second-order valence-corrected chi connectivity index (χ2v) is 2.09. The van der Waals surface area contributed by atoms with Crippen LogP contribution in [-0.4, -0.2) is 5.84 Å². The monoisotopic (exact) mass is 170 g/mol. The molecule has 0 radical (unpaired) electrons. The molecule has 0 aliphatic rings. The normalized spacial score (nSPS) is 10.5. The molecule has 0 unspecified atom stereocenters. The van der Waals surface area contributed by atoms with E-state index < -0.39 is 0 Å². The Morgan fingerprint density at radius 3 is 2.27 bits per heavy atom. The predicted molar refractivity (Wildman–Crippen MR) is 50.6 cm³/mol. The summed E-state index contributed by atoms with van der Waals surface area (Å²) in [5.41, 5.74) is 6.28. The molecule has 0 saturated carbocycles. The molecular formula is C8H11ClN2. The van der Waals surface area contributed by atoms with Gasteiger partial charge < -0.3 is 5.73 Å². The smallest absolute Gasteiger partial charge is 0.0964 e. The summed E-state index contributed by atoms with van der Waals surface area (Å²) < 4.78 is 0. The van der Waals surface area contributed by atoms with Gasteiger partial charge in [-0.05, 0) is 19.1 Å².